The summed E-state index contributed by atoms with van der Waals surface area (Å²) in [5.74, 6) is 0.442. The standard InChI is InChI=1S/C16H15N5O2/c1-20(13-6-3-2-4-7-13)16(22)11-23-15-9-5-8-14(10-15)21-12-17-18-19-21/h2-10,12H,11H2,1H3. The molecule has 0 saturated heterocycles. The Kier molecular flexibility index (Phi) is 4.28. The van der Waals surface area contributed by atoms with Gasteiger partial charge in [0.15, 0.2) is 6.61 Å². The molecule has 0 unspecified atom stereocenters. The van der Waals surface area contributed by atoms with E-state index in [4.69, 9.17) is 4.74 Å². The van der Waals surface area contributed by atoms with E-state index < -0.39 is 0 Å². The number of nitrogens with zero attached hydrogens (tertiary/aromatic N) is 5. The van der Waals surface area contributed by atoms with Gasteiger partial charge in [-0.05, 0) is 34.7 Å². The molecule has 0 fully saturated rings. The number of tetrazole rings is 1. The molecule has 0 radical (unpaired) electrons. The highest BCUT2D eigenvalue weighted by Crippen LogP contribution is 2.16. The Morgan fingerprint density at radius 3 is 2.74 bits per heavy atom. The topological polar surface area (TPSA) is 73.1 Å². The van der Waals surface area contributed by atoms with Gasteiger partial charge in [0.25, 0.3) is 5.91 Å². The van der Waals surface area contributed by atoms with Crippen molar-refractivity contribution in [3.05, 3.63) is 60.9 Å². The molecule has 0 aliphatic carbocycles. The second-order valence-corrected chi connectivity index (χ2v) is 4.83. The fourth-order valence-corrected chi connectivity index (χ4v) is 2.03. The van der Waals surface area contributed by atoms with Gasteiger partial charge in [-0.15, -0.1) is 5.10 Å². The van der Waals surface area contributed by atoms with Crippen LogP contribution in [-0.4, -0.2) is 39.8 Å². The van der Waals surface area contributed by atoms with E-state index in [1.807, 2.05) is 42.5 Å². The number of carbonyl (C=O) groups excluding carboxylic acids is 1. The van der Waals surface area contributed by atoms with Crippen LogP contribution in [-0.2, 0) is 4.79 Å². The minimum absolute atomic E-state index is 0.0511. The van der Waals surface area contributed by atoms with E-state index >= 15 is 0 Å². The number of anilines is 1. The fourth-order valence-electron chi connectivity index (χ4n) is 2.03. The summed E-state index contributed by atoms with van der Waals surface area (Å²) >= 11 is 0. The zero-order chi connectivity index (χ0) is 16.1. The molecular weight excluding hydrogens is 294 g/mol. The summed E-state index contributed by atoms with van der Waals surface area (Å²) in [6.07, 6.45) is 1.49. The van der Waals surface area contributed by atoms with Gasteiger partial charge < -0.3 is 9.64 Å². The molecule has 2 aromatic carbocycles. The molecule has 23 heavy (non-hydrogen) atoms. The highest BCUT2D eigenvalue weighted by Gasteiger charge is 2.11. The summed E-state index contributed by atoms with van der Waals surface area (Å²) in [4.78, 5) is 13.8. The van der Waals surface area contributed by atoms with Crippen LogP contribution in [0.3, 0.4) is 0 Å². The molecule has 0 aliphatic heterocycles. The Labute approximate surface area is 133 Å². The minimum atomic E-state index is -0.135. The summed E-state index contributed by atoms with van der Waals surface area (Å²) in [6.45, 7) is -0.0511. The lowest BCUT2D eigenvalue weighted by Crippen LogP contribution is -2.31. The van der Waals surface area contributed by atoms with Crippen molar-refractivity contribution in [2.45, 2.75) is 0 Å². The largest absolute Gasteiger partial charge is 0.484 e. The van der Waals surface area contributed by atoms with Crippen molar-refractivity contribution in [1.82, 2.24) is 20.2 Å². The average Bonchev–Trinajstić information content (AvgIpc) is 3.15. The van der Waals surface area contributed by atoms with Gasteiger partial charge in [-0.2, -0.15) is 0 Å². The van der Waals surface area contributed by atoms with Crippen LogP contribution in [0.25, 0.3) is 5.69 Å². The van der Waals surface area contributed by atoms with Gasteiger partial charge in [0.1, 0.15) is 12.1 Å². The molecule has 7 heteroatoms. The zero-order valence-corrected chi connectivity index (χ0v) is 12.5. The van der Waals surface area contributed by atoms with Gasteiger partial charge >= 0.3 is 0 Å². The van der Waals surface area contributed by atoms with Gasteiger partial charge in [-0.25, -0.2) is 4.68 Å². The van der Waals surface area contributed by atoms with Crippen LogP contribution in [0.4, 0.5) is 5.69 Å². The first kappa shape index (κ1) is 14.7. The maximum Gasteiger partial charge on any atom is 0.264 e. The van der Waals surface area contributed by atoms with Crippen LogP contribution >= 0.6 is 0 Å². The van der Waals surface area contributed by atoms with Crippen LogP contribution in [0.1, 0.15) is 0 Å². The molecule has 0 bridgehead atoms. The van der Waals surface area contributed by atoms with Crippen molar-refractivity contribution in [2.75, 3.05) is 18.6 Å². The van der Waals surface area contributed by atoms with Crippen LogP contribution in [0, 0.1) is 0 Å². The van der Waals surface area contributed by atoms with E-state index in [0.29, 0.717) is 5.75 Å². The maximum atomic E-state index is 12.2. The molecule has 116 valence electrons. The fraction of sp³-hybridized carbons (Fsp3) is 0.125. The minimum Gasteiger partial charge on any atom is -0.484 e. The predicted molar refractivity (Wildman–Crippen MR) is 84.5 cm³/mol. The number of rotatable bonds is 5. The first-order chi connectivity index (χ1) is 11.2. The predicted octanol–water partition coefficient (Wildman–Crippen LogP) is 1.70. The maximum absolute atomic E-state index is 12.2. The summed E-state index contributed by atoms with van der Waals surface area (Å²) < 4.78 is 7.09. The van der Waals surface area contributed by atoms with E-state index in [-0.39, 0.29) is 12.5 Å². The van der Waals surface area contributed by atoms with Crippen LogP contribution in [0.5, 0.6) is 5.75 Å². The van der Waals surface area contributed by atoms with Crippen molar-refractivity contribution >= 4 is 11.6 Å². The third kappa shape index (κ3) is 3.52. The van der Waals surface area contributed by atoms with Gasteiger partial charge in [0, 0.05) is 18.8 Å². The summed E-state index contributed by atoms with van der Waals surface area (Å²) in [5.41, 5.74) is 1.58. The van der Waals surface area contributed by atoms with Crippen molar-refractivity contribution in [3.63, 3.8) is 0 Å². The van der Waals surface area contributed by atoms with Crippen LogP contribution in [0.2, 0.25) is 0 Å². The molecular formula is C16H15N5O2. The summed E-state index contributed by atoms with van der Waals surface area (Å²) in [5, 5.41) is 11.0. The van der Waals surface area contributed by atoms with Crippen molar-refractivity contribution < 1.29 is 9.53 Å². The number of amides is 1. The third-order valence-electron chi connectivity index (χ3n) is 3.31. The molecule has 3 aromatic rings. The lowest BCUT2D eigenvalue weighted by molar-refractivity contribution is -0.120. The quantitative estimate of drug-likeness (QED) is 0.717. The van der Waals surface area contributed by atoms with Crippen LogP contribution in [0.15, 0.2) is 60.9 Å². The average molecular weight is 309 g/mol. The number of para-hydroxylation sites is 1. The highest BCUT2D eigenvalue weighted by atomic mass is 16.5. The monoisotopic (exact) mass is 309 g/mol. The zero-order valence-electron chi connectivity index (χ0n) is 12.5. The van der Waals surface area contributed by atoms with Gasteiger partial charge in [-0.1, -0.05) is 24.3 Å². The molecule has 0 atom stereocenters. The van der Waals surface area contributed by atoms with E-state index in [0.717, 1.165) is 11.4 Å². The smallest absolute Gasteiger partial charge is 0.264 e. The molecule has 0 aliphatic rings. The lowest BCUT2D eigenvalue weighted by Gasteiger charge is -2.17. The Hall–Kier alpha value is -3.22. The van der Waals surface area contributed by atoms with Crippen molar-refractivity contribution in [2.24, 2.45) is 0 Å². The lowest BCUT2D eigenvalue weighted by atomic mass is 10.3. The molecule has 0 saturated carbocycles. The third-order valence-corrected chi connectivity index (χ3v) is 3.31. The van der Waals surface area contributed by atoms with E-state index in [1.165, 1.54) is 11.0 Å². The first-order valence-corrected chi connectivity index (χ1v) is 7.02. The molecule has 7 nitrogen and oxygen atoms in total. The summed E-state index contributed by atoms with van der Waals surface area (Å²) in [6, 6.07) is 16.6. The molecule has 0 N–H and O–H groups in total. The Bertz CT molecular complexity index is 774. The number of hydrogen-bond donors (Lipinski definition) is 0. The number of benzene rings is 2. The van der Waals surface area contributed by atoms with E-state index in [2.05, 4.69) is 15.5 Å². The molecule has 0 spiro atoms. The number of carbonyl (C=O) groups is 1. The van der Waals surface area contributed by atoms with E-state index in [9.17, 15) is 4.79 Å². The Morgan fingerprint density at radius 1 is 1.17 bits per heavy atom. The summed E-state index contributed by atoms with van der Waals surface area (Å²) in [7, 11) is 1.72. The molecule has 1 amide bonds. The Morgan fingerprint density at radius 2 is 2.00 bits per heavy atom. The van der Waals surface area contributed by atoms with Crippen molar-refractivity contribution in [1.29, 1.82) is 0 Å². The highest BCUT2D eigenvalue weighted by molar-refractivity contribution is 5.93. The van der Waals surface area contributed by atoms with Crippen molar-refractivity contribution in [3.8, 4) is 11.4 Å². The number of ether oxygens (including phenoxy) is 1. The van der Waals surface area contributed by atoms with Crippen LogP contribution < -0.4 is 9.64 Å². The second kappa shape index (κ2) is 6.69. The number of hydrogen-bond acceptors (Lipinski definition) is 5. The Balaban J connectivity index is 1.64. The normalized spacial score (nSPS) is 10.3. The van der Waals surface area contributed by atoms with E-state index in [1.54, 1.807) is 24.1 Å². The van der Waals surface area contributed by atoms with Gasteiger partial charge in [-0.3, -0.25) is 4.79 Å². The SMILES string of the molecule is CN(C(=O)COc1cccc(-n2cnnn2)c1)c1ccccc1. The number of aromatic nitrogens is 4. The second-order valence-electron chi connectivity index (χ2n) is 4.83. The first-order valence-electron chi connectivity index (χ1n) is 7.02. The molecule has 3 rings (SSSR count). The van der Waals surface area contributed by atoms with Gasteiger partial charge in [0.2, 0.25) is 0 Å². The molecule has 1 heterocycles. The number of likely N-dealkylation sites (N-methyl/N-ethyl adjacent to an activating group) is 1. The molecule has 1 aromatic heterocycles. The van der Waals surface area contributed by atoms with Gasteiger partial charge in [0.05, 0.1) is 5.69 Å².